The van der Waals surface area contributed by atoms with Gasteiger partial charge in [0.25, 0.3) is 5.91 Å². The van der Waals surface area contributed by atoms with Crippen molar-refractivity contribution in [2.45, 2.75) is 25.5 Å². The topological polar surface area (TPSA) is 64.2 Å². The first-order chi connectivity index (χ1) is 8.54. The number of aromatic nitrogens is 2. The van der Waals surface area contributed by atoms with Crippen LogP contribution < -0.4 is 5.73 Å². The minimum absolute atomic E-state index is 0.00866. The lowest BCUT2D eigenvalue weighted by molar-refractivity contribution is 0.0753. The third kappa shape index (κ3) is 2.34. The second kappa shape index (κ2) is 5.22. The third-order valence-electron chi connectivity index (χ3n) is 3.23. The highest BCUT2D eigenvalue weighted by Crippen LogP contribution is 2.23. The van der Waals surface area contributed by atoms with Crippen molar-refractivity contribution in [1.82, 2.24) is 14.7 Å². The normalized spacial score (nSPS) is 20.2. The quantitative estimate of drug-likeness (QED) is 0.873. The summed E-state index contributed by atoms with van der Waals surface area (Å²) < 4.78 is 1.61. The Kier molecular flexibility index (Phi) is 3.85. The molecule has 1 saturated heterocycles. The number of anilines is 1. The monoisotopic (exact) mass is 268 g/mol. The fraction of sp³-hybridized carbons (Fsp3) is 0.667. The number of nitrogens with two attached hydrogens (primary N) is 1. The lowest BCUT2D eigenvalue weighted by Crippen LogP contribution is -2.41. The van der Waals surface area contributed by atoms with E-state index in [0.717, 1.165) is 31.0 Å². The molecule has 0 aromatic carbocycles. The first-order valence-corrected chi connectivity index (χ1v) is 7.31. The Balaban J connectivity index is 2.25. The van der Waals surface area contributed by atoms with Crippen LogP contribution >= 0.6 is 11.8 Å². The van der Waals surface area contributed by atoms with Gasteiger partial charge in [-0.15, -0.1) is 0 Å². The van der Waals surface area contributed by atoms with Crippen molar-refractivity contribution in [3.8, 4) is 0 Å². The molecule has 2 heterocycles. The summed E-state index contributed by atoms with van der Waals surface area (Å²) in [5.74, 6) is 1.00. The Morgan fingerprint density at radius 3 is 2.89 bits per heavy atom. The molecule has 18 heavy (non-hydrogen) atoms. The Bertz CT molecular complexity index is 457. The van der Waals surface area contributed by atoms with Crippen molar-refractivity contribution < 1.29 is 4.79 Å². The van der Waals surface area contributed by atoms with Gasteiger partial charge in [-0.05, 0) is 6.42 Å². The van der Waals surface area contributed by atoms with Crippen LogP contribution in [-0.2, 0) is 13.5 Å². The molecule has 1 atom stereocenters. The summed E-state index contributed by atoms with van der Waals surface area (Å²) in [6.45, 7) is 5.72. The number of carbonyl (C=O) groups excluding carboxylic acids is 1. The molecule has 1 aromatic heterocycles. The number of thioether (sulfide) groups is 1. The maximum atomic E-state index is 12.5. The number of nitrogen functional groups attached to an aromatic ring is 1. The molecule has 0 aliphatic carbocycles. The molecular weight excluding hydrogens is 248 g/mol. The largest absolute Gasteiger partial charge is 0.395 e. The van der Waals surface area contributed by atoms with E-state index in [9.17, 15) is 4.79 Å². The molecule has 1 amide bonds. The minimum atomic E-state index is 0.00866. The number of carbonyl (C=O) groups is 1. The number of aryl methyl sites for hydroxylation is 2. The van der Waals surface area contributed by atoms with Crippen molar-refractivity contribution >= 4 is 23.4 Å². The van der Waals surface area contributed by atoms with Crippen molar-refractivity contribution in [2.24, 2.45) is 7.05 Å². The molecular formula is C12H20N4OS. The van der Waals surface area contributed by atoms with Gasteiger partial charge in [-0.3, -0.25) is 9.48 Å². The van der Waals surface area contributed by atoms with Crippen LogP contribution in [0.5, 0.6) is 0 Å². The molecule has 6 heteroatoms. The van der Waals surface area contributed by atoms with Crippen LogP contribution in [0.3, 0.4) is 0 Å². The van der Waals surface area contributed by atoms with Crippen LogP contribution in [0.4, 0.5) is 5.69 Å². The van der Waals surface area contributed by atoms with Crippen molar-refractivity contribution in [3.63, 3.8) is 0 Å². The highest BCUT2D eigenvalue weighted by molar-refractivity contribution is 7.99. The van der Waals surface area contributed by atoms with E-state index in [4.69, 9.17) is 5.73 Å². The summed E-state index contributed by atoms with van der Waals surface area (Å²) in [4.78, 5) is 14.4. The molecule has 1 aliphatic rings. The van der Waals surface area contributed by atoms with Crippen molar-refractivity contribution in [2.75, 3.05) is 24.6 Å². The Morgan fingerprint density at radius 2 is 2.33 bits per heavy atom. The van der Waals surface area contributed by atoms with Gasteiger partial charge in [-0.25, -0.2) is 0 Å². The average Bonchev–Trinajstić information content (AvgIpc) is 2.63. The zero-order valence-corrected chi connectivity index (χ0v) is 12.0. The Hall–Kier alpha value is -1.17. The molecule has 0 spiro atoms. The Morgan fingerprint density at radius 1 is 1.61 bits per heavy atom. The standard InChI is InChI=1S/C12H20N4OS/c1-4-9-10(13)11(15(3)14-9)12(17)16-5-6-18-8(2)7-16/h8H,4-7,13H2,1-3H3. The zero-order chi connectivity index (χ0) is 13.3. The van der Waals surface area contributed by atoms with E-state index in [1.165, 1.54) is 0 Å². The lowest BCUT2D eigenvalue weighted by Gasteiger charge is -2.30. The first kappa shape index (κ1) is 13.3. The van der Waals surface area contributed by atoms with Gasteiger partial charge in [0.1, 0.15) is 5.69 Å². The molecule has 5 nitrogen and oxygen atoms in total. The highest BCUT2D eigenvalue weighted by atomic mass is 32.2. The maximum Gasteiger partial charge on any atom is 0.274 e. The molecule has 100 valence electrons. The molecule has 1 aromatic rings. The van der Waals surface area contributed by atoms with E-state index < -0.39 is 0 Å². The molecule has 0 saturated carbocycles. The Labute approximate surface area is 112 Å². The third-order valence-corrected chi connectivity index (χ3v) is 4.36. The summed E-state index contributed by atoms with van der Waals surface area (Å²) in [6, 6.07) is 0. The summed E-state index contributed by atoms with van der Waals surface area (Å²) in [6.07, 6.45) is 0.749. The summed E-state index contributed by atoms with van der Waals surface area (Å²) >= 11 is 1.90. The van der Waals surface area contributed by atoms with Gasteiger partial charge in [0.05, 0.1) is 11.4 Å². The van der Waals surface area contributed by atoms with Gasteiger partial charge >= 0.3 is 0 Å². The highest BCUT2D eigenvalue weighted by Gasteiger charge is 2.27. The van der Waals surface area contributed by atoms with E-state index in [-0.39, 0.29) is 5.91 Å². The summed E-state index contributed by atoms with van der Waals surface area (Å²) in [7, 11) is 1.78. The number of hydrogen-bond acceptors (Lipinski definition) is 4. The van der Waals surface area contributed by atoms with E-state index >= 15 is 0 Å². The summed E-state index contributed by atoms with van der Waals surface area (Å²) in [5, 5.41) is 4.79. The van der Waals surface area contributed by atoms with Crippen molar-refractivity contribution in [1.29, 1.82) is 0 Å². The van der Waals surface area contributed by atoms with Gasteiger partial charge in [0, 0.05) is 31.1 Å². The molecule has 2 N–H and O–H groups in total. The number of hydrogen-bond donors (Lipinski definition) is 1. The van der Waals surface area contributed by atoms with Crippen LogP contribution in [0.2, 0.25) is 0 Å². The lowest BCUT2D eigenvalue weighted by atomic mass is 10.2. The van der Waals surface area contributed by atoms with E-state index in [0.29, 0.717) is 16.6 Å². The fourth-order valence-corrected chi connectivity index (χ4v) is 3.28. The van der Waals surface area contributed by atoms with Crippen molar-refractivity contribution in [3.05, 3.63) is 11.4 Å². The molecule has 1 aliphatic heterocycles. The van der Waals surface area contributed by atoms with Gasteiger partial charge in [0.15, 0.2) is 0 Å². The van der Waals surface area contributed by atoms with Crippen LogP contribution in [0.15, 0.2) is 0 Å². The molecule has 0 radical (unpaired) electrons. The van der Waals surface area contributed by atoms with Gasteiger partial charge in [0.2, 0.25) is 0 Å². The predicted octanol–water partition coefficient (Wildman–Crippen LogP) is 1.14. The second-order valence-electron chi connectivity index (χ2n) is 4.62. The van der Waals surface area contributed by atoms with E-state index in [1.807, 2.05) is 23.6 Å². The molecule has 1 unspecified atom stereocenters. The maximum absolute atomic E-state index is 12.5. The zero-order valence-electron chi connectivity index (χ0n) is 11.1. The van der Waals surface area contributed by atoms with E-state index in [2.05, 4.69) is 12.0 Å². The average molecular weight is 268 g/mol. The second-order valence-corrected chi connectivity index (χ2v) is 6.17. The van der Waals surface area contributed by atoms with Crippen LogP contribution in [0, 0.1) is 0 Å². The molecule has 0 bridgehead atoms. The molecule has 2 rings (SSSR count). The number of rotatable bonds is 2. The first-order valence-electron chi connectivity index (χ1n) is 6.26. The molecule has 1 fully saturated rings. The van der Waals surface area contributed by atoms with Gasteiger partial charge in [-0.2, -0.15) is 16.9 Å². The van der Waals surface area contributed by atoms with Crippen LogP contribution in [0.25, 0.3) is 0 Å². The minimum Gasteiger partial charge on any atom is -0.395 e. The van der Waals surface area contributed by atoms with Gasteiger partial charge < -0.3 is 10.6 Å². The van der Waals surface area contributed by atoms with Gasteiger partial charge in [-0.1, -0.05) is 13.8 Å². The number of amides is 1. The predicted molar refractivity (Wildman–Crippen MR) is 74.8 cm³/mol. The van der Waals surface area contributed by atoms with Crippen LogP contribution in [-0.4, -0.2) is 44.7 Å². The SMILES string of the molecule is CCc1nn(C)c(C(=O)N2CCSC(C)C2)c1N. The van der Waals surface area contributed by atoms with E-state index in [1.54, 1.807) is 11.7 Å². The summed E-state index contributed by atoms with van der Waals surface area (Å²) in [5.41, 5.74) is 7.90. The smallest absolute Gasteiger partial charge is 0.274 e. The fourth-order valence-electron chi connectivity index (χ4n) is 2.26. The number of nitrogens with zero attached hydrogens (tertiary/aromatic N) is 3. The van der Waals surface area contributed by atoms with Crippen LogP contribution in [0.1, 0.15) is 30.0 Å².